The maximum absolute atomic E-state index is 5.75. The second kappa shape index (κ2) is 3.24. The zero-order valence-corrected chi connectivity index (χ0v) is 9.03. The number of benzene rings is 1. The van der Waals surface area contributed by atoms with Gasteiger partial charge in [0, 0.05) is 11.0 Å². The molecular weight excluding hydrogens is 188 g/mol. The average molecular weight is 204 g/mol. The second-order valence-corrected chi connectivity index (χ2v) is 4.66. The third-order valence-corrected chi connectivity index (χ3v) is 3.84. The van der Waals surface area contributed by atoms with E-state index in [4.69, 9.17) is 9.47 Å². The molecule has 1 aliphatic carbocycles. The van der Waals surface area contributed by atoms with E-state index in [1.807, 2.05) is 6.07 Å². The summed E-state index contributed by atoms with van der Waals surface area (Å²) in [6.07, 6.45) is 4.12. The van der Waals surface area contributed by atoms with Crippen LogP contribution in [0.3, 0.4) is 0 Å². The number of fused-ring (bicyclic) bond motifs is 2. The highest BCUT2D eigenvalue weighted by atomic mass is 16.5. The van der Waals surface area contributed by atoms with Gasteiger partial charge in [0.05, 0.1) is 19.8 Å². The summed E-state index contributed by atoms with van der Waals surface area (Å²) in [6.45, 7) is 0.873. The lowest BCUT2D eigenvalue weighted by molar-refractivity contribution is 0.0694. The fourth-order valence-electron chi connectivity index (χ4n) is 3.03. The Balaban J connectivity index is 2.04. The molecule has 2 bridgehead atoms. The van der Waals surface area contributed by atoms with Gasteiger partial charge in [-0.25, -0.2) is 0 Å². The Morgan fingerprint density at radius 1 is 1.40 bits per heavy atom. The predicted octanol–water partition coefficient (Wildman–Crippen LogP) is 2.52. The Morgan fingerprint density at radius 3 is 2.87 bits per heavy atom. The Bertz CT molecular complexity index is 365. The molecule has 1 aromatic carbocycles. The van der Waals surface area contributed by atoms with Gasteiger partial charge in [-0.3, -0.25) is 0 Å². The lowest BCUT2D eigenvalue weighted by Gasteiger charge is -2.27. The molecule has 2 nitrogen and oxygen atoms in total. The molecule has 3 rings (SSSR count). The van der Waals surface area contributed by atoms with Gasteiger partial charge in [0.15, 0.2) is 0 Å². The molecule has 0 radical (unpaired) electrons. The van der Waals surface area contributed by atoms with E-state index < -0.39 is 0 Å². The topological polar surface area (TPSA) is 18.5 Å². The summed E-state index contributed by atoms with van der Waals surface area (Å²) in [5, 5.41) is 0. The van der Waals surface area contributed by atoms with Crippen molar-refractivity contribution in [2.24, 2.45) is 0 Å². The Morgan fingerprint density at radius 2 is 2.27 bits per heavy atom. The lowest BCUT2D eigenvalue weighted by atomic mass is 9.80. The number of para-hydroxylation sites is 1. The van der Waals surface area contributed by atoms with Gasteiger partial charge in [0.2, 0.25) is 0 Å². The quantitative estimate of drug-likeness (QED) is 0.737. The summed E-state index contributed by atoms with van der Waals surface area (Å²) >= 11 is 0. The monoisotopic (exact) mass is 204 g/mol. The van der Waals surface area contributed by atoms with E-state index in [1.54, 1.807) is 7.11 Å². The van der Waals surface area contributed by atoms with Gasteiger partial charge in [0.25, 0.3) is 0 Å². The maximum Gasteiger partial charge on any atom is 0.122 e. The first-order valence-corrected chi connectivity index (χ1v) is 5.59. The van der Waals surface area contributed by atoms with Crippen molar-refractivity contribution in [1.82, 2.24) is 0 Å². The summed E-state index contributed by atoms with van der Waals surface area (Å²) in [6, 6.07) is 8.37. The number of rotatable bonds is 2. The van der Waals surface area contributed by atoms with Crippen LogP contribution in [0.15, 0.2) is 24.3 Å². The van der Waals surface area contributed by atoms with Crippen molar-refractivity contribution >= 4 is 0 Å². The third kappa shape index (κ3) is 1.28. The Kier molecular flexibility index (Phi) is 1.99. The van der Waals surface area contributed by atoms with E-state index in [0.717, 1.165) is 12.4 Å². The molecule has 0 N–H and O–H groups in total. The molecule has 1 saturated heterocycles. The molecule has 2 atom stereocenters. The Labute approximate surface area is 90.2 Å². The molecule has 2 fully saturated rings. The summed E-state index contributed by atoms with van der Waals surface area (Å²) in [5.41, 5.74) is 1.59. The zero-order valence-electron chi connectivity index (χ0n) is 9.03. The first-order chi connectivity index (χ1) is 7.34. The smallest absolute Gasteiger partial charge is 0.122 e. The van der Waals surface area contributed by atoms with Crippen molar-refractivity contribution in [3.8, 4) is 5.75 Å². The second-order valence-electron chi connectivity index (χ2n) is 4.66. The minimum atomic E-state index is 0.247. The van der Waals surface area contributed by atoms with E-state index in [-0.39, 0.29) is 5.41 Å². The van der Waals surface area contributed by atoms with Gasteiger partial charge in [-0.15, -0.1) is 0 Å². The molecule has 0 spiro atoms. The highest BCUT2D eigenvalue weighted by Gasteiger charge is 2.48. The fraction of sp³-hybridized carbons (Fsp3) is 0.538. The van der Waals surface area contributed by atoms with Crippen LogP contribution in [0.25, 0.3) is 0 Å². The number of hydrogen-bond acceptors (Lipinski definition) is 2. The van der Waals surface area contributed by atoms with Crippen molar-refractivity contribution in [3.63, 3.8) is 0 Å². The van der Waals surface area contributed by atoms with E-state index >= 15 is 0 Å². The lowest BCUT2D eigenvalue weighted by Crippen LogP contribution is -2.25. The maximum atomic E-state index is 5.75. The molecule has 80 valence electrons. The SMILES string of the molecule is COc1ccccc1C12CCC(C1)OC2. The van der Waals surface area contributed by atoms with Gasteiger partial charge in [0.1, 0.15) is 5.75 Å². The molecular formula is C13H16O2. The highest BCUT2D eigenvalue weighted by Crippen LogP contribution is 2.50. The average Bonchev–Trinajstić information content (AvgIpc) is 2.90. The van der Waals surface area contributed by atoms with E-state index in [1.165, 1.54) is 24.8 Å². The Hall–Kier alpha value is -1.02. The molecule has 1 heterocycles. The van der Waals surface area contributed by atoms with Crippen LogP contribution in [-0.4, -0.2) is 19.8 Å². The number of ether oxygens (including phenoxy) is 2. The van der Waals surface area contributed by atoms with Gasteiger partial charge in [-0.2, -0.15) is 0 Å². The van der Waals surface area contributed by atoms with Crippen LogP contribution in [0.5, 0.6) is 5.75 Å². The summed E-state index contributed by atoms with van der Waals surface area (Å²) in [5.74, 6) is 1.02. The van der Waals surface area contributed by atoms with Crippen LogP contribution in [0.2, 0.25) is 0 Å². The van der Waals surface area contributed by atoms with Crippen LogP contribution in [0.4, 0.5) is 0 Å². The molecule has 1 aromatic rings. The van der Waals surface area contributed by atoms with Crippen LogP contribution in [0, 0.1) is 0 Å². The largest absolute Gasteiger partial charge is 0.496 e. The van der Waals surface area contributed by atoms with Crippen LogP contribution in [0.1, 0.15) is 24.8 Å². The first-order valence-electron chi connectivity index (χ1n) is 5.59. The zero-order chi connectivity index (χ0) is 10.3. The molecule has 15 heavy (non-hydrogen) atoms. The van der Waals surface area contributed by atoms with Crippen molar-refractivity contribution in [2.75, 3.05) is 13.7 Å². The molecule has 0 amide bonds. The standard InChI is InChI=1S/C13H16O2/c1-14-12-5-3-2-4-11(12)13-7-6-10(8-13)15-9-13/h2-5,10H,6-9H2,1H3. The molecule has 0 aromatic heterocycles. The van der Waals surface area contributed by atoms with E-state index in [2.05, 4.69) is 18.2 Å². The van der Waals surface area contributed by atoms with Crippen molar-refractivity contribution in [3.05, 3.63) is 29.8 Å². The van der Waals surface area contributed by atoms with Crippen LogP contribution < -0.4 is 4.74 Å². The molecule has 2 unspecified atom stereocenters. The predicted molar refractivity (Wildman–Crippen MR) is 58.3 cm³/mol. The molecule has 2 heteroatoms. The van der Waals surface area contributed by atoms with Gasteiger partial charge < -0.3 is 9.47 Å². The van der Waals surface area contributed by atoms with Crippen LogP contribution >= 0.6 is 0 Å². The van der Waals surface area contributed by atoms with Gasteiger partial charge in [-0.1, -0.05) is 18.2 Å². The van der Waals surface area contributed by atoms with Crippen LogP contribution in [-0.2, 0) is 10.2 Å². The molecule has 1 saturated carbocycles. The van der Waals surface area contributed by atoms with Crippen molar-refractivity contribution in [2.45, 2.75) is 30.8 Å². The van der Waals surface area contributed by atoms with Gasteiger partial charge >= 0.3 is 0 Å². The highest BCUT2D eigenvalue weighted by molar-refractivity contribution is 5.41. The normalized spacial score (nSPS) is 33.3. The minimum absolute atomic E-state index is 0.247. The fourth-order valence-corrected chi connectivity index (χ4v) is 3.03. The molecule has 1 aliphatic heterocycles. The molecule has 2 aliphatic rings. The first kappa shape index (κ1) is 9.22. The van der Waals surface area contributed by atoms with E-state index in [9.17, 15) is 0 Å². The number of hydrogen-bond donors (Lipinski definition) is 0. The number of methoxy groups -OCH3 is 1. The summed E-state index contributed by atoms with van der Waals surface area (Å²) in [4.78, 5) is 0. The van der Waals surface area contributed by atoms with Gasteiger partial charge in [-0.05, 0) is 25.3 Å². The van der Waals surface area contributed by atoms with E-state index in [0.29, 0.717) is 6.10 Å². The van der Waals surface area contributed by atoms with Crippen molar-refractivity contribution < 1.29 is 9.47 Å². The third-order valence-electron chi connectivity index (χ3n) is 3.84. The summed E-state index contributed by atoms with van der Waals surface area (Å²) in [7, 11) is 1.75. The summed E-state index contributed by atoms with van der Waals surface area (Å²) < 4.78 is 11.2. The van der Waals surface area contributed by atoms with Crippen molar-refractivity contribution in [1.29, 1.82) is 0 Å². The minimum Gasteiger partial charge on any atom is -0.496 e.